The number of carbonyl (C=O) groups is 2. The molecule has 0 spiro atoms. The zero-order chi connectivity index (χ0) is 16.3. The van der Waals surface area contributed by atoms with Gasteiger partial charge in [-0.3, -0.25) is 9.59 Å². The Morgan fingerprint density at radius 2 is 2.05 bits per heavy atom. The summed E-state index contributed by atoms with van der Waals surface area (Å²) in [5, 5.41) is 2.78. The molecule has 0 aromatic carbocycles. The molecule has 0 fully saturated rings. The van der Waals surface area contributed by atoms with E-state index >= 15 is 0 Å². The Morgan fingerprint density at radius 1 is 1.32 bits per heavy atom. The highest BCUT2D eigenvalue weighted by atomic mass is 16.2. The lowest BCUT2D eigenvalue weighted by atomic mass is 10.0. The summed E-state index contributed by atoms with van der Waals surface area (Å²) in [6, 6.07) is 3.67. The van der Waals surface area contributed by atoms with Gasteiger partial charge in [0.25, 0.3) is 5.91 Å². The molecule has 1 amide bonds. The Hall–Kier alpha value is -2.43. The Balaban J connectivity index is 2.37. The normalized spacial score (nSPS) is 10.5. The zero-order valence-corrected chi connectivity index (χ0v) is 13.4. The molecule has 0 bridgehead atoms. The van der Waals surface area contributed by atoms with Crippen LogP contribution in [0.3, 0.4) is 0 Å². The number of H-pyrrole nitrogens is 1. The van der Waals surface area contributed by atoms with Gasteiger partial charge in [0.2, 0.25) is 0 Å². The molecule has 2 aromatic heterocycles. The molecular weight excluding hydrogens is 278 g/mol. The summed E-state index contributed by atoms with van der Waals surface area (Å²) < 4.78 is 0. The summed E-state index contributed by atoms with van der Waals surface area (Å²) in [7, 11) is 0. The summed E-state index contributed by atoms with van der Waals surface area (Å²) in [6.45, 7) is 7.30. The Bertz CT molecular complexity index is 717. The molecule has 2 rings (SSSR count). The number of rotatable bonds is 5. The van der Waals surface area contributed by atoms with Gasteiger partial charge in [-0.05, 0) is 50.5 Å². The van der Waals surface area contributed by atoms with Crippen molar-refractivity contribution in [3.05, 3.63) is 46.4 Å². The maximum Gasteiger partial charge on any atom is 0.273 e. The molecule has 0 aliphatic heterocycles. The molecule has 0 atom stereocenters. The van der Waals surface area contributed by atoms with Gasteiger partial charge in [-0.1, -0.05) is 13.3 Å². The van der Waals surface area contributed by atoms with E-state index < -0.39 is 0 Å². The third kappa shape index (κ3) is 3.24. The van der Waals surface area contributed by atoms with Crippen molar-refractivity contribution in [1.82, 2.24) is 9.97 Å². The summed E-state index contributed by atoms with van der Waals surface area (Å²) in [5.41, 5.74) is 3.62. The van der Waals surface area contributed by atoms with Gasteiger partial charge in [0, 0.05) is 17.5 Å². The molecule has 0 aliphatic carbocycles. The number of hydrogen-bond acceptors (Lipinski definition) is 3. The van der Waals surface area contributed by atoms with Gasteiger partial charge in [-0.2, -0.15) is 0 Å². The summed E-state index contributed by atoms with van der Waals surface area (Å²) >= 11 is 0. The molecule has 5 heteroatoms. The second kappa shape index (κ2) is 6.56. The van der Waals surface area contributed by atoms with Crippen LogP contribution in [0.1, 0.15) is 57.9 Å². The lowest BCUT2D eigenvalue weighted by molar-refractivity contribution is 0.101. The van der Waals surface area contributed by atoms with Crippen molar-refractivity contribution in [2.24, 2.45) is 0 Å². The number of amides is 1. The van der Waals surface area contributed by atoms with Crippen LogP contribution >= 0.6 is 0 Å². The van der Waals surface area contributed by atoms with Gasteiger partial charge in [0.1, 0.15) is 11.5 Å². The van der Waals surface area contributed by atoms with Crippen molar-refractivity contribution >= 4 is 17.5 Å². The number of ketones is 1. The second-order valence-corrected chi connectivity index (χ2v) is 5.46. The van der Waals surface area contributed by atoms with E-state index in [1.54, 1.807) is 12.3 Å². The van der Waals surface area contributed by atoms with Crippen molar-refractivity contribution in [2.75, 3.05) is 5.32 Å². The van der Waals surface area contributed by atoms with Gasteiger partial charge in [-0.15, -0.1) is 0 Å². The highest BCUT2D eigenvalue weighted by molar-refractivity contribution is 6.07. The topological polar surface area (TPSA) is 74.8 Å². The molecule has 2 N–H and O–H groups in total. The van der Waals surface area contributed by atoms with Crippen LogP contribution in [0.25, 0.3) is 0 Å². The van der Waals surface area contributed by atoms with Crippen LogP contribution in [-0.2, 0) is 6.42 Å². The average Bonchev–Trinajstić information content (AvgIpc) is 2.76. The van der Waals surface area contributed by atoms with Crippen molar-refractivity contribution in [3.8, 4) is 0 Å². The molecule has 22 heavy (non-hydrogen) atoms. The maximum absolute atomic E-state index is 12.5. The van der Waals surface area contributed by atoms with Gasteiger partial charge in [0.15, 0.2) is 5.78 Å². The quantitative estimate of drug-likeness (QED) is 0.830. The summed E-state index contributed by atoms with van der Waals surface area (Å²) in [4.78, 5) is 31.5. The van der Waals surface area contributed by atoms with E-state index in [2.05, 4.69) is 15.3 Å². The number of nitrogens with one attached hydrogen (secondary N) is 2. The lowest BCUT2D eigenvalue weighted by Gasteiger charge is -2.07. The minimum atomic E-state index is -0.267. The maximum atomic E-state index is 12.5. The fourth-order valence-corrected chi connectivity index (χ4v) is 2.63. The van der Waals surface area contributed by atoms with E-state index in [1.165, 1.54) is 6.92 Å². The Labute approximate surface area is 130 Å². The highest BCUT2D eigenvalue weighted by Crippen LogP contribution is 2.22. The van der Waals surface area contributed by atoms with Crippen LogP contribution in [0.15, 0.2) is 18.3 Å². The predicted molar refractivity (Wildman–Crippen MR) is 86.5 cm³/mol. The van der Waals surface area contributed by atoms with Crippen molar-refractivity contribution in [3.63, 3.8) is 0 Å². The minimum Gasteiger partial charge on any atom is -0.354 e. The second-order valence-electron chi connectivity index (χ2n) is 5.46. The molecular formula is C17H21N3O2. The SMILES string of the molecule is CCCc1c(C(=O)Nc2cc(C)ccn2)[nH]c(C)c1C(C)=O. The molecule has 2 aromatic rings. The molecule has 0 unspecified atom stereocenters. The number of aromatic amines is 1. The molecule has 0 aliphatic rings. The summed E-state index contributed by atoms with van der Waals surface area (Å²) in [5.74, 6) is 0.214. The zero-order valence-electron chi connectivity index (χ0n) is 13.4. The van der Waals surface area contributed by atoms with Gasteiger partial charge >= 0.3 is 0 Å². The van der Waals surface area contributed by atoms with Crippen molar-refractivity contribution < 1.29 is 9.59 Å². The number of nitrogens with zero attached hydrogens (tertiary/aromatic N) is 1. The van der Waals surface area contributed by atoms with Crippen LogP contribution in [0, 0.1) is 13.8 Å². The van der Waals surface area contributed by atoms with Crippen LogP contribution in [0.5, 0.6) is 0 Å². The van der Waals surface area contributed by atoms with Gasteiger partial charge in [0.05, 0.1) is 0 Å². The van der Waals surface area contributed by atoms with Crippen LogP contribution in [0.4, 0.5) is 5.82 Å². The number of carbonyl (C=O) groups excluding carboxylic acids is 2. The molecule has 2 heterocycles. The van der Waals surface area contributed by atoms with E-state index in [-0.39, 0.29) is 11.7 Å². The first-order valence-electron chi connectivity index (χ1n) is 7.40. The number of anilines is 1. The molecule has 0 radical (unpaired) electrons. The highest BCUT2D eigenvalue weighted by Gasteiger charge is 2.22. The third-order valence-electron chi connectivity index (χ3n) is 3.53. The lowest BCUT2D eigenvalue weighted by Crippen LogP contribution is -2.16. The first-order chi connectivity index (χ1) is 10.4. The fourth-order valence-electron chi connectivity index (χ4n) is 2.63. The van der Waals surface area contributed by atoms with E-state index in [4.69, 9.17) is 0 Å². The van der Waals surface area contributed by atoms with Crippen LogP contribution in [-0.4, -0.2) is 21.7 Å². The Morgan fingerprint density at radius 3 is 2.64 bits per heavy atom. The predicted octanol–water partition coefficient (Wildman–Crippen LogP) is 3.43. The monoisotopic (exact) mass is 299 g/mol. The van der Waals surface area contributed by atoms with Crippen molar-refractivity contribution in [2.45, 2.75) is 40.5 Å². The number of hydrogen-bond donors (Lipinski definition) is 2. The van der Waals surface area contributed by atoms with Gasteiger partial charge < -0.3 is 10.3 Å². The molecule has 116 valence electrons. The number of aryl methyl sites for hydroxylation is 2. The number of pyridine rings is 1. The fraction of sp³-hybridized carbons (Fsp3) is 0.353. The molecule has 0 saturated heterocycles. The van der Waals surface area contributed by atoms with Crippen LogP contribution in [0.2, 0.25) is 0 Å². The van der Waals surface area contributed by atoms with E-state index in [0.717, 1.165) is 23.2 Å². The first-order valence-corrected chi connectivity index (χ1v) is 7.40. The molecule has 0 saturated carbocycles. The third-order valence-corrected chi connectivity index (χ3v) is 3.53. The standard InChI is InChI=1S/C17H21N3O2/c1-5-6-13-15(12(4)21)11(3)19-16(13)17(22)20-14-9-10(2)7-8-18-14/h7-9,19H,5-6H2,1-4H3,(H,18,20,22). The Kier molecular flexibility index (Phi) is 4.75. The number of Topliss-reactive ketones (excluding diaryl/α,β-unsaturated/α-hetero) is 1. The van der Waals surface area contributed by atoms with E-state index in [0.29, 0.717) is 23.5 Å². The number of aromatic nitrogens is 2. The smallest absolute Gasteiger partial charge is 0.273 e. The van der Waals surface area contributed by atoms with Crippen LogP contribution < -0.4 is 5.32 Å². The molecule has 5 nitrogen and oxygen atoms in total. The van der Waals surface area contributed by atoms with Crippen molar-refractivity contribution in [1.29, 1.82) is 0 Å². The minimum absolute atomic E-state index is 0.0232. The first kappa shape index (κ1) is 15.9. The summed E-state index contributed by atoms with van der Waals surface area (Å²) in [6.07, 6.45) is 3.20. The van der Waals surface area contributed by atoms with E-state index in [9.17, 15) is 9.59 Å². The average molecular weight is 299 g/mol. The largest absolute Gasteiger partial charge is 0.354 e. The van der Waals surface area contributed by atoms with Gasteiger partial charge in [-0.25, -0.2) is 4.98 Å². The van der Waals surface area contributed by atoms with E-state index in [1.807, 2.05) is 26.8 Å².